The lowest BCUT2D eigenvalue weighted by Gasteiger charge is -2.16. The Morgan fingerprint density at radius 1 is 1.33 bits per heavy atom. The maximum absolute atomic E-state index is 11.7. The van der Waals surface area contributed by atoms with Gasteiger partial charge in [0.2, 0.25) is 0 Å². The Kier molecular flexibility index (Phi) is 3.04. The first-order valence-electron chi connectivity index (χ1n) is 4.99. The highest BCUT2D eigenvalue weighted by Gasteiger charge is 2.29. The predicted octanol–water partition coefficient (Wildman–Crippen LogP) is 0.632. The fraction of sp³-hybridized carbons (Fsp3) is 0.0833. The lowest BCUT2D eigenvalue weighted by molar-refractivity contribution is -0.255. The van der Waals surface area contributed by atoms with Crippen LogP contribution in [0.4, 0.5) is 5.69 Å². The molecule has 1 heterocycles. The van der Waals surface area contributed by atoms with Gasteiger partial charge in [-0.3, -0.25) is 9.59 Å². The van der Waals surface area contributed by atoms with E-state index in [2.05, 4.69) is 15.9 Å². The Labute approximate surface area is 111 Å². The second-order valence-electron chi connectivity index (χ2n) is 3.76. The van der Waals surface area contributed by atoms with Crippen LogP contribution in [0.5, 0.6) is 0 Å². The van der Waals surface area contributed by atoms with Crippen LogP contribution in [-0.2, 0) is 9.59 Å². The average molecular weight is 309 g/mol. The van der Waals surface area contributed by atoms with Crippen molar-refractivity contribution in [2.75, 3.05) is 4.90 Å². The largest absolute Gasteiger partial charge is 0.545 e. The van der Waals surface area contributed by atoms with Gasteiger partial charge in [0.15, 0.2) is 0 Å². The highest BCUT2D eigenvalue weighted by molar-refractivity contribution is 9.10. The number of hydrogen-bond acceptors (Lipinski definition) is 4. The van der Waals surface area contributed by atoms with Crippen molar-refractivity contribution in [1.82, 2.24) is 0 Å². The number of carbonyl (C=O) groups is 3. The molecule has 0 aromatic heterocycles. The normalized spacial score (nSPS) is 15.0. The van der Waals surface area contributed by atoms with Gasteiger partial charge in [-0.15, -0.1) is 0 Å². The second-order valence-corrected chi connectivity index (χ2v) is 4.61. The highest BCUT2D eigenvalue weighted by atomic mass is 79.9. The Bertz CT molecular complexity index is 606. The third kappa shape index (κ3) is 1.95. The number of anilines is 1. The summed E-state index contributed by atoms with van der Waals surface area (Å²) in [5, 5.41) is 10.7. The SMILES string of the molecule is CC1=CC(=O)N(c2ccc(C(=O)[O-])c(Br)c2)C1=O. The van der Waals surface area contributed by atoms with Gasteiger partial charge in [-0.1, -0.05) is 15.9 Å². The van der Waals surface area contributed by atoms with Crippen molar-refractivity contribution in [3.8, 4) is 0 Å². The minimum absolute atomic E-state index is 0.0393. The van der Waals surface area contributed by atoms with Gasteiger partial charge in [-0.25, -0.2) is 4.90 Å². The number of benzene rings is 1. The Balaban J connectivity index is 2.43. The summed E-state index contributed by atoms with van der Waals surface area (Å²) in [6, 6.07) is 4.06. The fourth-order valence-corrected chi connectivity index (χ4v) is 2.17. The zero-order valence-corrected chi connectivity index (χ0v) is 10.9. The van der Waals surface area contributed by atoms with Gasteiger partial charge in [0.25, 0.3) is 11.8 Å². The molecule has 1 aromatic rings. The maximum atomic E-state index is 11.7. The summed E-state index contributed by atoms with van der Waals surface area (Å²) >= 11 is 3.06. The van der Waals surface area contributed by atoms with Crippen molar-refractivity contribution in [1.29, 1.82) is 0 Å². The molecular formula is C12H7BrNO4-. The molecule has 92 valence electrons. The summed E-state index contributed by atoms with van der Waals surface area (Å²) in [4.78, 5) is 35.1. The van der Waals surface area contributed by atoms with E-state index in [-0.39, 0.29) is 10.0 Å². The second kappa shape index (κ2) is 4.38. The summed E-state index contributed by atoms with van der Waals surface area (Å²) in [5.41, 5.74) is 0.623. The van der Waals surface area contributed by atoms with Gasteiger partial charge in [-0.05, 0) is 25.1 Å². The number of carboxylic acids is 1. The highest BCUT2D eigenvalue weighted by Crippen LogP contribution is 2.27. The van der Waals surface area contributed by atoms with Crippen molar-refractivity contribution in [3.05, 3.63) is 39.9 Å². The third-order valence-corrected chi connectivity index (χ3v) is 3.19. The summed E-state index contributed by atoms with van der Waals surface area (Å²) in [5.74, 6) is -2.18. The van der Waals surface area contributed by atoms with Crippen LogP contribution in [0.3, 0.4) is 0 Å². The lowest BCUT2D eigenvalue weighted by Crippen LogP contribution is -2.30. The molecule has 2 amide bonds. The summed E-state index contributed by atoms with van der Waals surface area (Å²) in [7, 11) is 0. The van der Waals surface area contributed by atoms with E-state index in [1.165, 1.54) is 24.3 Å². The van der Waals surface area contributed by atoms with E-state index < -0.39 is 17.8 Å². The van der Waals surface area contributed by atoms with Crippen LogP contribution in [0.25, 0.3) is 0 Å². The van der Waals surface area contributed by atoms with Gasteiger partial charge in [0.1, 0.15) is 0 Å². The Morgan fingerprint density at radius 3 is 2.44 bits per heavy atom. The number of aromatic carboxylic acids is 1. The van der Waals surface area contributed by atoms with Crippen LogP contribution in [0.15, 0.2) is 34.3 Å². The van der Waals surface area contributed by atoms with Crippen LogP contribution < -0.4 is 10.0 Å². The van der Waals surface area contributed by atoms with Gasteiger partial charge >= 0.3 is 0 Å². The molecule has 0 aliphatic carbocycles. The summed E-state index contributed by atoms with van der Waals surface area (Å²) in [6.45, 7) is 1.55. The number of rotatable bonds is 2. The van der Waals surface area contributed by atoms with Crippen molar-refractivity contribution in [2.24, 2.45) is 0 Å². The molecule has 0 radical (unpaired) electrons. The molecule has 0 spiro atoms. The number of hydrogen-bond donors (Lipinski definition) is 0. The minimum atomic E-state index is -1.33. The van der Waals surface area contributed by atoms with E-state index in [1.807, 2.05) is 0 Å². The van der Waals surface area contributed by atoms with Crippen molar-refractivity contribution >= 4 is 39.4 Å². The van der Waals surface area contributed by atoms with Crippen molar-refractivity contribution in [2.45, 2.75) is 6.92 Å². The zero-order chi connectivity index (χ0) is 13.4. The Hall–Kier alpha value is -1.95. The molecule has 6 heteroatoms. The van der Waals surface area contributed by atoms with E-state index in [0.717, 1.165) is 4.90 Å². The molecule has 0 fully saturated rings. The molecule has 1 aliphatic heterocycles. The van der Waals surface area contributed by atoms with Crippen LogP contribution in [0.2, 0.25) is 0 Å². The van der Waals surface area contributed by atoms with Gasteiger partial charge in [0, 0.05) is 21.7 Å². The van der Waals surface area contributed by atoms with Gasteiger partial charge < -0.3 is 9.90 Å². The monoisotopic (exact) mass is 308 g/mol. The maximum Gasteiger partial charge on any atom is 0.261 e. The summed E-state index contributed by atoms with van der Waals surface area (Å²) in [6.07, 6.45) is 1.24. The van der Waals surface area contributed by atoms with Gasteiger partial charge in [-0.2, -0.15) is 0 Å². The first kappa shape index (κ1) is 12.5. The lowest BCUT2D eigenvalue weighted by atomic mass is 10.2. The van der Waals surface area contributed by atoms with E-state index in [4.69, 9.17) is 0 Å². The Morgan fingerprint density at radius 2 is 2.00 bits per heavy atom. The smallest absolute Gasteiger partial charge is 0.261 e. The van der Waals surface area contributed by atoms with Gasteiger partial charge in [0.05, 0.1) is 11.7 Å². The number of nitrogens with zero attached hydrogens (tertiary/aromatic N) is 1. The number of imide groups is 1. The predicted molar refractivity (Wildman–Crippen MR) is 64.7 cm³/mol. The molecule has 1 aromatic carbocycles. The molecular weight excluding hydrogens is 302 g/mol. The van der Waals surface area contributed by atoms with Crippen LogP contribution in [-0.4, -0.2) is 17.8 Å². The molecule has 1 aliphatic rings. The topological polar surface area (TPSA) is 77.5 Å². The molecule has 0 atom stereocenters. The number of amides is 2. The molecule has 0 saturated carbocycles. The molecule has 0 unspecified atom stereocenters. The fourth-order valence-electron chi connectivity index (χ4n) is 1.64. The van der Waals surface area contributed by atoms with E-state index in [1.54, 1.807) is 6.92 Å². The third-order valence-electron chi connectivity index (χ3n) is 2.53. The molecule has 0 saturated heterocycles. The quantitative estimate of drug-likeness (QED) is 0.751. The molecule has 0 N–H and O–H groups in total. The average Bonchev–Trinajstić information content (AvgIpc) is 2.52. The molecule has 18 heavy (non-hydrogen) atoms. The van der Waals surface area contributed by atoms with Crippen LogP contribution in [0.1, 0.15) is 17.3 Å². The van der Waals surface area contributed by atoms with Crippen molar-refractivity contribution < 1.29 is 19.5 Å². The van der Waals surface area contributed by atoms with Crippen molar-refractivity contribution in [3.63, 3.8) is 0 Å². The van der Waals surface area contributed by atoms with Crippen LogP contribution in [0, 0.1) is 0 Å². The molecule has 2 rings (SSSR count). The molecule has 0 bridgehead atoms. The first-order chi connectivity index (χ1) is 8.41. The first-order valence-corrected chi connectivity index (χ1v) is 5.78. The summed E-state index contributed by atoms with van der Waals surface area (Å²) < 4.78 is 0.255. The van der Waals surface area contributed by atoms with E-state index in [9.17, 15) is 19.5 Å². The molecule has 5 nitrogen and oxygen atoms in total. The number of carboxylic acid groups (broad SMARTS) is 1. The van der Waals surface area contributed by atoms with Crippen LogP contribution >= 0.6 is 15.9 Å². The zero-order valence-electron chi connectivity index (χ0n) is 9.27. The number of halogens is 1. The van der Waals surface area contributed by atoms with E-state index >= 15 is 0 Å². The van der Waals surface area contributed by atoms with E-state index in [0.29, 0.717) is 11.3 Å². The standard InChI is InChI=1S/C12H8BrNO4/c1-6-4-10(15)14(11(6)16)7-2-3-8(12(17)18)9(13)5-7/h2-5H,1H3,(H,17,18)/p-1. The minimum Gasteiger partial charge on any atom is -0.545 e. The number of carbonyl (C=O) groups excluding carboxylic acids is 3.